The molecule has 0 radical (unpaired) electrons. The zero-order valence-electron chi connectivity index (χ0n) is 13.7. The van der Waals surface area contributed by atoms with Crippen LogP contribution in [0.1, 0.15) is 23.2 Å². The lowest BCUT2D eigenvalue weighted by Crippen LogP contribution is -2.34. The summed E-state index contributed by atoms with van der Waals surface area (Å²) in [6.07, 6.45) is 3.35. The van der Waals surface area contributed by atoms with Crippen molar-refractivity contribution in [2.45, 2.75) is 18.9 Å². The second-order valence-corrected chi connectivity index (χ2v) is 5.63. The molecule has 1 aromatic carbocycles. The highest BCUT2D eigenvalue weighted by atomic mass is 16.5. The molecule has 0 unspecified atom stereocenters. The third kappa shape index (κ3) is 3.07. The topological polar surface area (TPSA) is 89.7 Å². The maximum atomic E-state index is 12.7. The number of carbonyl (C=O) groups is 1. The zero-order chi connectivity index (χ0) is 17.1. The van der Waals surface area contributed by atoms with Gasteiger partial charge in [-0.2, -0.15) is 0 Å². The summed E-state index contributed by atoms with van der Waals surface area (Å²) < 4.78 is 15.9. The van der Waals surface area contributed by atoms with Gasteiger partial charge in [0.25, 0.3) is 5.91 Å². The van der Waals surface area contributed by atoms with E-state index >= 15 is 0 Å². The highest BCUT2D eigenvalue weighted by Crippen LogP contribution is 2.27. The predicted octanol–water partition coefficient (Wildman–Crippen LogP) is 1.45. The van der Waals surface area contributed by atoms with Gasteiger partial charge >= 0.3 is 0 Å². The van der Waals surface area contributed by atoms with Crippen molar-refractivity contribution < 1.29 is 19.0 Å². The van der Waals surface area contributed by atoms with Gasteiger partial charge in [-0.05, 0) is 18.9 Å². The fourth-order valence-corrected chi connectivity index (χ4v) is 2.83. The second kappa shape index (κ2) is 6.92. The monoisotopic (exact) mass is 332 g/mol. The minimum atomic E-state index is -0.421. The molecule has 7 nitrogen and oxygen atoms in total. The van der Waals surface area contributed by atoms with Crippen molar-refractivity contribution in [3.63, 3.8) is 0 Å². The van der Waals surface area contributed by atoms with Crippen molar-refractivity contribution in [3.8, 4) is 11.5 Å². The molecule has 2 heterocycles. The second-order valence-electron chi connectivity index (χ2n) is 5.63. The number of rotatable bonds is 5. The van der Waals surface area contributed by atoms with Crippen LogP contribution in [0.15, 0.2) is 23.1 Å². The predicted molar refractivity (Wildman–Crippen MR) is 89.0 cm³/mol. The summed E-state index contributed by atoms with van der Waals surface area (Å²) in [5.74, 6) is 0.546. The number of pyridine rings is 1. The first kappa shape index (κ1) is 16.3. The lowest BCUT2D eigenvalue weighted by molar-refractivity contribution is 0.0857. The summed E-state index contributed by atoms with van der Waals surface area (Å²) in [4.78, 5) is 28.0. The van der Waals surface area contributed by atoms with E-state index < -0.39 is 5.91 Å². The minimum Gasteiger partial charge on any atom is -0.497 e. The molecule has 128 valence electrons. The highest BCUT2D eigenvalue weighted by Gasteiger charge is 2.19. The largest absolute Gasteiger partial charge is 0.497 e. The quantitative estimate of drug-likeness (QED) is 0.865. The lowest BCUT2D eigenvalue weighted by Gasteiger charge is -2.12. The lowest BCUT2D eigenvalue weighted by atomic mass is 10.1. The summed E-state index contributed by atoms with van der Waals surface area (Å²) in [7, 11) is 3.02. The van der Waals surface area contributed by atoms with E-state index in [2.05, 4.69) is 10.3 Å². The molecule has 24 heavy (non-hydrogen) atoms. The molecule has 1 aromatic heterocycles. The first-order chi connectivity index (χ1) is 11.6. The first-order valence-corrected chi connectivity index (χ1v) is 7.81. The molecule has 2 N–H and O–H groups in total. The summed E-state index contributed by atoms with van der Waals surface area (Å²) in [6.45, 7) is 1.12. The summed E-state index contributed by atoms with van der Waals surface area (Å²) in [5, 5.41) is 3.10. The Kier molecular flexibility index (Phi) is 4.71. The van der Waals surface area contributed by atoms with Crippen molar-refractivity contribution in [3.05, 3.63) is 34.1 Å². The van der Waals surface area contributed by atoms with Crippen molar-refractivity contribution in [1.82, 2.24) is 10.3 Å². The van der Waals surface area contributed by atoms with Crippen LogP contribution in [0, 0.1) is 0 Å². The van der Waals surface area contributed by atoms with Crippen LogP contribution in [-0.4, -0.2) is 44.4 Å². The number of ether oxygens (including phenoxy) is 3. The molecule has 3 rings (SSSR count). The van der Waals surface area contributed by atoms with E-state index in [0.29, 0.717) is 28.9 Å². The normalized spacial score (nSPS) is 17.0. The Balaban J connectivity index is 1.92. The van der Waals surface area contributed by atoms with E-state index in [-0.39, 0.29) is 17.1 Å². The summed E-state index contributed by atoms with van der Waals surface area (Å²) in [5.41, 5.74) is 0.209. The van der Waals surface area contributed by atoms with Gasteiger partial charge in [-0.1, -0.05) is 0 Å². The van der Waals surface area contributed by atoms with Crippen LogP contribution < -0.4 is 20.2 Å². The number of H-pyrrole nitrogens is 1. The van der Waals surface area contributed by atoms with E-state index in [0.717, 1.165) is 19.4 Å². The number of methoxy groups -OCH3 is 2. The van der Waals surface area contributed by atoms with Crippen molar-refractivity contribution in [1.29, 1.82) is 0 Å². The van der Waals surface area contributed by atoms with Crippen LogP contribution in [0.3, 0.4) is 0 Å². The molecular formula is C17H20N2O5. The van der Waals surface area contributed by atoms with Crippen molar-refractivity contribution in [2.24, 2.45) is 0 Å². The van der Waals surface area contributed by atoms with Crippen LogP contribution in [-0.2, 0) is 4.74 Å². The van der Waals surface area contributed by atoms with E-state index in [1.807, 2.05) is 0 Å². The third-order valence-electron chi connectivity index (χ3n) is 4.14. The Morgan fingerprint density at radius 1 is 1.38 bits per heavy atom. The SMILES string of the molecule is COc1cc(OC)c2[nH]cc(C(=O)NC[C@@H]3CCCO3)c(=O)c2c1. The van der Waals surface area contributed by atoms with Crippen molar-refractivity contribution in [2.75, 3.05) is 27.4 Å². The smallest absolute Gasteiger partial charge is 0.256 e. The fraction of sp³-hybridized carbons (Fsp3) is 0.412. The summed E-state index contributed by atoms with van der Waals surface area (Å²) >= 11 is 0. The van der Waals surface area contributed by atoms with E-state index in [1.165, 1.54) is 20.4 Å². The van der Waals surface area contributed by atoms with Gasteiger partial charge in [-0.3, -0.25) is 9.59 Å². The van der Waals surface area contributed by atoms with Gasteiger partial charge in [-0.15, -0.1) is 0 Å². The molecular weight excluding hydrogens is 312 g/mol. The Bertz CT molecular complexity index is 808. The minimum absolute atomic E-state index is 0.0219. The molecule has 0 saturated carbocycles. The van der Waals surface area contributed by atoms with Gasteiger partial charge in [0.2, 0.25) is 5.43 Å². The van der Waals surface area contributed by atoms with Crippen LogP contribution in [0.2, 0.25) is 0 Å². The van der Waals surface area contributed by atoms with Gasteiger partial charge in [0, 0.05) is 25.4 Å². The zero-order valence-corrected chi connectivity index (χ0v) is 13.7. The molecule has 1 aliphatic heterocycles. The van der Waals surface area contributed by atoms with E-state index in [1.54, 1.807) is 12.1 Å². The van der Waals surface area contributed by atoms with Crippen LogP contribution in [0.4, 0.5) is 0 Å². The van der Waals surface area contributed by atoms with Gasteiger partial charge in [0.15, 0.2) is 0 Å². The molecule has 1 fully saturated rings. The maximum Gasteiger partial charge on any atom is 0.256 e. The maximum absolute atomic E-state index is 12.7. The number of hydrogen-bond donors (Lipinski definition) is 2. The number of aromatic nitrogens is 1. The molecule has 2 aromatic rings. The van der Waals surface area contributed by atoms with E-state index in [4.69, 9.17) is 14.2 Å². The standard InChI is InChI=1S/C17H20N2O5/c1-22-11-6-12-15(14(7-11)23-2)18-9-13(16(12)20)17(21)19-8-10-4-3-5-24-10/h6-7,9-10H,3-5,8H2,1-2H3,(H,18,20)(H,19,21)/t10-/m0/s1. The number of benzene rings is 1. The Hall–Kier alpha value is -2.54. The van der Waals surface area contributed by atoms with Gasteiger partial charge in [0.1, 0.15) is 17.1 Å². The molecule has 1 amide bonds. The van der Waals surface area contributed by atoms with Crippen LogP contribution >= 0.6 is 0 Å². The van der Waals surface area contributed by atoms with Crippen molar-refractivity contribution >= 4 is 16.8 Å². The molecule has 0 bridgehead atoms. The Morgan fingerprint density at radius 3 is 2.88 bits per heavy atom. The van der Waals surface area contributed by atoms with Crippen LogP contribution in [0.25, 0.3) is 10.9 Å². The average Bonchev–Trinajstić information content (AvgIpc) is 3.12. The molecule has 1 saturated heterocycles. The number of amides is 1. The molecule has 0 spiro atoms. The molecule has 7 heteroatoms. The average molecular weight is 332 g/mol. The molecule has 0 aliphatic carbocycles. The first-order valence-electron chi connectivity index (χ1n) is 7.81. The molecule has 1 atom stereocenters. The van der Waals surface area contributed by atoms with Gasteiger partial charge < -0.3 is 24.5 Å². The number of fused-ring (bicyclic) bond motifs is 1. The van der Waals surface area contributed by atoms with Gasteiger partial charge in [0.05, 0.1) is 31.2 Å². The summed E-state index contributed by atoms with van der Waals surface area (Å²) in [6, 6.07) is 3.27. The Labute approximate surface area is 138 Å². The van der Waals surface area contributed by atoms with Gasteiger partial charge in [-0.25, -0.2) is 0 Å². The number of carbonyl (C=O) groups excluding carboxylic acids is 1. The fourth-order valence-electron chi connectivity index (χ4n) is 2.83. The number of aromatic amines is 1. The van der Waals surface area contributed by atoms with Crippen LogP contribution in [0.5, 0.6) is 11.5 Å². The number of nitrogens with one attached hydrogen (secondary N) is 2. The number of hydrogen-bond acceptors (Lipinski definition) is 5. The Morgan fingerprint density at radius 2 is 2.21 bits per heavy atom. The third-order valence-corrected chi connectivity index (χ3v) is 4.14. The van der Waals surface area contributed by atoms with E-state index in [9.17, 15) is 9.59 Å². The highest BCUT2D eigenvalue weighted by molar-refractivity contribution is 5.98. The molecule has 1 aliphatic rings.